The number of nitrogens with zero attached hydrogens (tertiary/aromatic N) is 1. The van der Waals surface area contributed by atoms with E-state index in [0.29, 0.717) is 13.1 Å². The molecule has 0 aromatic heterocycles. The molecule has 0 bridgehead atoms. The van der Waals surface area contributed by atoms with Crippen LogP contribution in [-0.2, 0) is 10.4 Å². The van der Waals surface area contributed by atoms with Crippen LogP contribution in [0.4, 0.5) is 0 Å². The Morgan fingerprint density at radius 1 is 1.10 bits per heavy atom. The van der Waals surface area contributed by atoms with E-state index in [4.69, 9.17) is 0 Å². The zero-order chi connectivity index (χ0) is 21.8. The van der Waals surface area contributed by atoms with E-state index in [9.17, 15) is 9.90 Å². The number of piperidine rings is 1. The molecule has 3 unspecified atom stereocenters. The van der Waals surface area contributed by atoms with Crippen molar-refractivity contribution in [3.05, 3.63) is 76.6 Å². The molecule has 1 aliphatic carbocycles. The van der Waals surface area contributed by atoms with Gasteiger partial charge in [-0.1, -0.05) is 93.2 Å². The molecule has 165 valence electrons. The third-order valence-electron chi connectivity index (χ3n) is 6.88. The van der Waals surface area contributed by atoms with Gasteiger partial charge in [-0.3, -0.25) is 4.79 Å². The molecule has 31 heavy (non-hydrogen) atoms. The fourth-order valence-electron chi connectivity index (χ4n) is 5.20. The maximum absolute atomic E-state index is 13.8. The van der Waals surface area contributed by atoms with Gasteiger partial charge in [0.15, 0.2) is 5.60 Å². The van der Waals surface area contributed by atoms with Crippen molar-refractivity contribution >= 4 is 37.8 Å². The van der Waals surface area contributed by atoms with Crippen molar-refractivity contribution in [2.24, 2.45) is 11.8 Å². The molecule has 3 nitrogen and oxygen atoms in total. The monoisotopic (exact) mass is 546 g/mol. The van der Waals surface area contributed by atoms with Gasteiger partial charge in [0, 0.05) is 28.3 Å². The van der Waals surface area contributed by atoms with Crippen LogP contribution >= 0.6 is 31.9 Å². The van der Waals surface area contributed by atoms with Gasteiger partial charge in [0.1, 0.15) is 0 Å². The minimum absolute atomic E-state index is 0.00375. The smallest absolute Gasteiger partial charge is 0.259 e. The van der Waals surface area contributed by atoms with Crippen molar-refractivity contribution < 1.29 is 9.90 Å². The molecule has 1 N–H and O–H groups in total. The normalized spacial score (nSPS) is 22.8. The number of aliphatic hydroxyl groups is 1. The standard InChI is InChI=1S/C26H30Br2NO2/c27-23-15-7-6-14-22(23)24(28)17-19-9-8-16-29(18-19)25(30)26(31,21-12-4-5-13-21)20-10-2-1-3-11-20/h1-3,6-7,9-11,14-15,19,21,24,31H,4-5,8,12-13,16-18H2. The first-order valence-electron chi connectivity index (χ1n) is 11.3. The topological polar surface area (TPSA) is 40.5 Å². The number of carbonyl (C=O) groups is 1. The van der Waals surface area contributed by atoms with E-state index in [1.165, 1.54) is 5.56 Å². The molecule has 2 aliphatic rings. The van der Waals surface area contributed by atoms with E-state index in [-0.39, 0.29) is 22.6 Å². The molecule has 2 aromatic carbocycles. The molecular formula is C26H30Br2NO2. The van der Waals surface area contributed by atoms with Crippen molar-refractivity contribution in [3.63, 3.8) is 0 Å². The van der Waals surface area contributed by atoms with Gasteiger partial charge in [-0.15, -0.1) is 0 Å². The van der Waals surface area contributed by atoms with Gasteiger partial charge in [0.2, 0.25) is 0 Å². The summed E-state index contributed by atoms with van der Waals surface area (Å²) in [5, 5.41) is 11.9. The van der Waals surface area contributed by atoms with Crippen molar-refractivity contribution in [3.8, 4) is 0 Å². The van der Waals surface area contributed by atoms with Crippen LogP contribution in [-0.4, -0.2) is 29.0 Å². The van der Waals surface area contributed by atoms with E-state index in [1.807, 2.05) is 41.3 Å². The summed E-state index contributed by atoms with van der Waals surface area (Å²) in [6.07, 6.45) is 8.10. The average Bonchev–Trinajstić information content (AvgIpc) is 3.34. The first kappa shape index (κ1) is 23.0. The molecule has 1 aliphatic heterocycles. The maximum atomic E-state index is 13.8. The number of hydrogen-bond donors (Lipinski definition) is 1. The molecule has 5 heteroatoms. The van der Waals surface area contributed by atoms with E-state index < -0.39 is 5.60 Å². The fraction of sp³-hybridized carbons (Fsp3) is 0.462. The number of hydrogen-bond acceptors (Lipinski definition) is 2. The Morgan fingerprint density at radius 3 is 2.48 bits per heavy atom. The van der Waals surface area contributed by atoms with Gasteiger partial charge in [0.25, 0.3) is 5.91 Å². The second-order valence-corrected chi connectivity index (χ2v) is 10.8. The lowest BCUT2D eigenvalue weighted by molar-refractivity contribution is -0.160. The van der Waals surface area contributed by atoms with Crippen LogP contribution in [0.15, 0.2) is 59.1 Å². The molecule has 1 saturated heterocycles. The lowest BCUT2D eigenvalue weighted by Gasteiger charge is -2.41. The maximum Gasteiger partial charge on any atom is 0.259 e. The zero-order valence-corrected chi connectivity index (χ0v) is 20.9. The van der Waals surface area contributed by atoms with Gasteiger partial charge in [0.05, 0.1) is 0 Å². The second-order valence-electron chi connectivity index (χ2n) is 8.87. The first-order chi connectivity index (χ1) is 15.0. The molecule has 2 fully saturated rings. The molecule has 4 rings (SSSR count). The Morgan fingerprint density at radius 2 is 1.77 bits per heavy atom. The SMILES string of the molecule is O=C(N1CC[CH]C(CC(Br)c2ccccc2Br)C1)C(O)(c1ccccc1)C1CCCC1. The van der Waals surface area contributed by atoms with Gasteiger partial charge < -0.3 is 10.0 Å². The van der Waals surface area contributed by atoms with Gasteiger partial charge in [-0.05, 0) is 55.2 Å². The third-order valence-corrected chi connectivity index (χ3v) is 8.47. The van der Waals surface area contributed by atoms with Crippen molar-refractivity contribution in [1.82, 2.24) is 4.90 Å². The van der Waals surface area contributed by atoms with E-state index in [0.717, 1.165) is 48.6 Å². The Kier molecular flexibility index (Phi) is 7.56. The summed E-state index contributed by atoms with van der Waals surface area (Å²) >= 11 is 7.51. The summed E-state index contributed by atoms with van der Waals surface area (Å²) in [6, 6.07) is 17.9. The molecule has 3 atom stereocenters. The summed E-state index contributed by atoms with van der Waals surface area (Å²) in [6.45, 7) is 1.34. The van der Waals surface area contributed by atoms with Gasteiger partial charge >= 0.3 is 0 Å². The number of carbonyl (C=O) groups excluding carboxylic acids is 1. The van der Waals surface area contributed by atoms with E-state index in [1.54, 1.807) is 0 Å². The van der Waals surface area contributed by atoms with Crippen LogP contribution in [0.25, 0.3) is 0 Å². The predicted octanol–water partition coefficient (Wildman–Crippen LogP) is 6.41. The van der Waals surface area contributed by atoms with Crippen LogP contribution in [0, 0.1) is 18.3 Å². The molecule has 1 saturated carbocycles. The number of rotatable bonds is 6. The highest BCUT2D eigenvalue weighted by Crippen LogP contribution is 2.43. The molecule has 2 aromatic rings. The Balaban J connectivity index is 1.51. The number of amides is 1. The van der Waals surface area contributed by atoms with E-state index in [2.05, 4.69) is 56.5 Å². The number of halogens is 2. The van der Waals surface area contributed by atoms with E-state index >= 15 is 0 Å². The largest absolute Gasteiger partial charge is 0.375 e. The second kappa shape index (κ2) is 10.2. The van der Waals surface area contributed by atoms with Crippen LogP contribution in [0.2, 0.25) is 0 Å². The van der Waals surface area contributed by atoms with Crippen LogP contribution in [0.3, 0.4) is 0 Å². The number of benzene rings is 2. The molecule has 1 amide bonds. The Bertz CT molecular complexity index is 884. The minimum Gasteiger partial charge on any atom is -0.375 e. The predicted molar refractivity (Wildman–Crippen MR) is 132 cm³/mol. The highest BCUT2D eigenvalue weighted by Gasteiger charge is 2.48. The molecule has 1 heterocycles. The lowest BCUT2D eigenvalue weighted by atomic mass is 9.78. The summed E-state index contributed by atoms with van der Waals surface area (Å²) < 4.78 is 1.10. The summed E-state index contributed by atoms with van der Waals surface area (Å²) in [5.74, 6) is 0.171. The van der Waals surface area contributed by atoms with Crippen LogP contribution < -0.4 is 0 Å². The third kappa shape index (κ3) is 4.94. The number of alkyl halides is 1. The fourth-order valence-corrected chi connectivity index (χ4v) is 6.95. The molecule has 1 radical (unpaired) electrons. The first-order valence-corrected chi connectivity index (χ1v) is 13.0. The van der Waals surface area contributed by atoms with Crippen LogP contribution in [0.1, 0.15) is 54.5 Å². The van der Waals surface area contributed by atoms with Gasteiger partial charge in [-0.2, -0.15) is 0 Å². The quantitative estimate of drug-likeness (QED) is 0.425. The van der Waals surface area contributed by atoms with Crippen molar-refractivity contribution in [1.29, 1.82) is 0 Å². The highest BCUT2D eigenvalue weighted by atomic mass is 79.9. The lowest BCUT2D eigenvalue weighted by Crippen LogP contribution is -2.53. The Labute approximate surface area is 202 Å². The highest BCUT2D eigenvalue weighted by molar-refractivity contribution is 9.11. The molecule has 0 spiro atoms. The average molecular weight is 548 g/mol. The van der Waals surface area contributed by atoms with Crippen molar-refractivity contribution in [2.75, 3.05) is 13.1 Å². The van der Waals surface area contributed by atoms with Gasteiger partial charge in [-0.25, -0.2) is 0 Å². The number of likely N-dealkylation sites (tertiary alicyclic amines) is 1. The molecular weight excluding hydrogens is 518 g/mol. The summed E-state index contributed by atoms with van der Waals surface area (Å²) in [7, 11) is 0. The zero-order valence-electron chi connectivity index (χ0n) is 17.7. The minimum atomic E-state index is -1.42. The summed E-state index contributed by atoms with van der Waals surface area (Å²) in [4.78, 5) is 15.9. The Hall–Kier alpha value is -1.17. The van der Waals surface area contributed by atoms with Crippen molar-refractivity contribution in [2.45, 2.75) is 49.0 Å². The summed E-state index contributed by atoms with van der Waals surface area (Å²) in [5.41, 5.74) is 0.548. The van der Waals surface area contributed by atoms with Crippen LogP contribution in [0.5, 0.6) is 0 Å².